The SMILES string of the molecule is NCC1(CCN2CCn3cnnc3C2)CCCCC1. The van der Waals surface area contributed by atoms with Gasteiger partial charge in [-0.15, -0.1) is 10.2 Å². The van der Waals surface area contributed by atoms with Crippen LogP contribution in [0.3, 0.4) is 0 Å². The Labute approximate surface area is 115 Å². The van der Waals surface area contributed by atoms with Crippen LogP contribution < -0.4 is 5.73 Å². The molecule has 0 atom stereocenters. The molecule has 0 unspecified atom stereocenters. The summed E-state index contributed by atoms with van der Waals surface area (Å²) < 4.78 is 2.16. The molecule has 2 N–H and O–H groups in total. The Morgan fingerprint density at radius 1 is 1.21 bits per heavy atom. The molecule has 1 aromatic heterocycles. The van der Waals surface area contributed by atoms with Crippen molar-refractivity contribution < 1.29 is 0 Å². The van der Waals surface area contributed by atoms with E-state index in [0.29, 0.717) is 5.41 Å². The fourth-order valence-electron chi connectivity index (χ4n) is 3.56. The Hall–Kier alpha value is -0.940. The van der Waals surface area contributed by atoms with E-state index in [1.165, 1.54) is 38.5 Å². The van der Waals surface area contributed by atoms with Crippen molar-refractivity contribution in [1.82, 2.24) is 19.7 Å². The van der Waals surface area contributed by atoms with Crippen molar-refractivity contribution in [1.29, 1.82) is 0 Å². The topological polar surface area (TPSA) is 60.0 Å². The van der Waals surface area contributed by atoms with Gasteiger partial charge < -0.3 is 10.3 Å². The lowest BCUT2D eigenvalue weighted by Crippen LogP contribution is -2.40. The first-order valence-corrected chi connectivity index (χ1v) is 7.60. The minimum Gasteiger partial charge on any atom is -0.330 e. The van der Waals surface area contributed by atoms with E-state index in [1.54, 1.807) is 0 Å². The van der Waals surface area contributed by atoms with Crippen LogP contribution in [0, 0.1) is 5.41 Å². The molecular weight excluding hydrogens is 238 g/mol. The molecule has 0 spiro atoms. The van der Waals surface area contributed by atoms with E-state index in [1.807, 2.05) is 6.33 Å². The van der Waals surface area contributed by atoms with Crippen molar-refractivity contribution in [2.45, 2.75) is 51.6 Å². The van der Waals surface area contributed by atoms with Crippen molar-refractivity contribution in [2.75, 3.05) is 19.6 Å². The van der Waals surface area contributed by atoms with Crippen LogP contribution in [0.1, 0.15) is 44.3 Å². The first-order chi connectivity index (χ1) is 9.31. The highest BCUT2D eigenvalue weighted by Crippen LogP contribution is 2.38. The van der Waals surface area contributed by atoms with E-state index in [0.717, 1.165) is 38.5 Å². The van der Waals surface area contributed by atoms with Gasteiger partial charge in [0.25, 0.3) is 0 Å². The molecule has 5 heteroatoms. The first-order valence-electron chi connectivity index (χ1n) is 7.60. The third-order valence-corrected chi connectivity index (χ3v) is 5.02. The van der Waals surface area contributed by atoms with Gasteiger partial charge in [0.1, 0.15) is 12.2 Å². The molecule has 1 fully saturated rings. The highest BCUT2D eigenvalue weighted by Gasteiger charge is 2.31. The highest BCUT2D eigenvalue weighted by atomic mass is 15.3. The summed E-state index contributed by atoms with van der Waals surface area (Å²) in [6.07, 6.45) is 9.87. The molecule has 1 aromatic rings. The van der Waals surface area contributed by atoms with Crippen molar-refractivity contribution in [2.24, 2.45) is 11.1 Å². The summed E-state index contributed by atoms with van der Waals surface area (Å²) in [4.78, 5) is 2.51. The summed E-state index contributed by atoms with van der Waals surface area (Å²) in [5.41, 5.74) is 6.49. The molecule has 3 rings (SSSR count). The van der Waals surface area contributed by atoms with Crippen molar-refractivity contribution in [3.05, 3.63) is 12.2 Å². The molecule has 19 heavy (non-hydrogen) atoms. The van der Waals surface area contributed by atoms with Gasteiger partial charge in [-0.2, -0.15) is 0 Å². The van der Waals surface area contributed by atoms with Gasteiger partial charge in [0.05, 0.1) is 6.54 Å². The van der Waals surface area contributed by atoms with Crippen molar-refractivity contribution in [3.8, 4) is 0 Å². The summed E-state index contributed by atoms with van der Waals surface area (Å²) in [6.45, 7) is 5.10. The number of nitrogens with two attached hydrogens (primary N) is 1. The van der Waals surface area contributed by atoms with Crippen LogP contribution in [0.5, 0.6) is 0 Å². The lowest BCUT2D eigenvalue weighted by atomic mass is 9.72. The lowest BCUT2D eigenvalue weighted by molar-refractivity contribution is 0.131. The molecule has 2 aliphatic rings. The van der Waals surface area contributed by atoms with Crippen LogP contribution in [0.15, 0.2) is 6.33 Å². The van der Waals surface area contributed by atoms with E-state index in [4.69, 9.17) is 5.73 Å². The van der Waals surface area contributed by atoms with Gasteiger partial charge in [0.15, 0.2) is 0 Å². The average molecular weight is 263 g/mol. The zero-order valence-electron chi connectivity index (χ0n) is 11.7. The summed E-state index contributed by atoms with van der Waals surface area (Å²) in [5.74, 6) is 1.11. The summed E-state index contributed by atoms with van der Waals surface area (Å²) in [7, 11) is 0. The van der Waals surface area contributed by atoms with Gasteiger partial charge >= 0.3 is 0 Å². The molecule has 0 amide bonds. The molecule has 0 bridgehead atoms. The maximum atomic E-state index is 6.07. The Balaban J connectivity index is 1.55. The largest absolute Gasteiger partial charge is 0.330 e. The minimum absolute atomic E-state index is 0.420. The van der Waals surface area contributed by atoms with Crippen LogP contribution in [-0.4, -0.2) is 39.3 Å². The van der Waals surface area contributed by atoms with E-state index >= 15 is 0 Å². The van der Waals surface area contributed by atoms with Crippen molar-refractivity contribution >= 4 is 0 Å². The number of fused-ring (bicyclic) bond motifs is 1. The zero-order chi connectivity index (χ0) is 13.1. The lowest BCUT2D eigenvalue weighted by Gasteiger charge is -2.38. The minimum atomic E-state index is 0.420. The third-order valence-electron chi connectivity index (χ3n) is 5.02. The molecular formula is C14H25N5. The maximum Gasteiger partial charge on any atom is 0.147 e. The summed E-state index contributed by atoms with van der Waals surface area (Å²) in [5, 5.41) is 8.17. The third kappa shape index (κ3) is 2.82. The molecule has 1 saturated carbocycles. The van der Waals surface area contributed by atoms with E-state index in [9.17, 15) is 0 Å². The molecule has 5 nitrogen and oxygen atoms in total. The predicted octanol–water partition coefficient (Wildman–Crippen LogP) is 1.39. The molecule has 0 aromatic carbocycles. The molecule has 1 aliphatic carbocycles. The van der Waals surface area contributed by atoms with Crippen LogP contribution >= 0.6 is 0 Å². The van der Waals surface area contributed by atoms with E-state index < -0.39 is 0 Å². The normalized spacial score (nSPS) is 23.2. The molecule has 2 heterocycles. The molecule has 0 radical (unpaired) electrons. The van der Waals surface area contributed by atoms with E-state index in [-0.39, 0.29) is 0 Å². The van der Waals surface area contributed by atoms with E-state index in [2.05, 4.69) is 19.7 Å². The number of hydrogen-bond acceptors (Lipinski definition) is 4. The van der Waals surface area contributed by atoms with Crippen LogP contribution in [-0.2, 0) is 13.1 Å². The zero-order valence-corrected chi connectivity index (χ0v) is 11.7. The second kappa shape index (κ2) is 5.59. The fraction of sp³-hybridized carbons (Fsp3) is 0.857. The second-order valence-electron chi connectivity index (χ2n) is 6.23. The maximum absolute atomic E-state index is 6.07. The van der Waals surface area contributed by atoms with Gasteiger partial charge in [0, 0.05) is 13.1 Å². The molecule has 106 valence electrons. The first kappa shape index (κ1) is 13.1. The number of aromatic nitrogens is 3. The van der Waals surface area contributed by atoms with Gasteiger partial charge in [-0.3, -0.25) is 4.90 Å². The average Bonchev–Trinajstić information content (AvgIpc) is 2.93. The molecule has 0 saturated heterocycles. The number of rotatable bonds is 4. The molecule has 1 aliphatic heterocycles. The van der Waals surface area contributed by atoms with Crippen LogP contribution in [0.4, 0.5) is 0 Å². The highest BCUT2D eigenvalue weighted by molar-refractivity contribution is 4.91. The van der Waals surface area contributed by atoms with Gasteiger partial charge in [-0.25, -0.2) is 0 Å². The van der Waals surface area contributed by atoms with Crippen molar-refractivity contribution in [3.63, 3.8) is 0 Å². The Morgan fingerprint density at radius 2 is 2.05 bits per heavy atom. The van der Waals surface area contributed by atoms with Gasteiger partial charge in [0.2, 0.25) is 0 Å². The van der Waals surface area contributed by atoms with Gasteiger partial charge in [-0.1, -0.05) is 19.3 Å². The summed E-state index contributed by atoms with van der Waals surface area (Å²) >= 11 is 0. The number of nitrogens with zero attached hydrogens (tertiary/aromatic N) is 4. The summed E-state index contributed by atoms with van der Waals surface area (Å²) in [6, 6.07) is 0. The predicted molar refractivity (Wildman–Crippen MR) is 74.5 cm³/mol. The fourth-order valence-corrected chi connectivity index (χ4v) is 3.56. The standard InChI is InChI=1S/C14H25N5/c15-11-14(4-2-1-3-5-14)6-7-18-8-9-19-12-16-17-13(19)10-18/h12H,1-11,15H2. The number of hydrogen-bond donors (Lipinski definition) is 1. The Morgan fingerprint density at radius 3 is 2.84 bits per heavy atom. The quantitative estimate of drug-likeness (QED) is 0.892. The second-order valence-corrected chi connectivity index (χ2v) is 6.23. The Kier molecular flexibility index (Phi) is 3.84. The smallest absolute Gasteiger partial charge is 0.147 e. The van der Waals surface area contributed by atoms with Crippen LogP contribution in [0.2, 0.25) is 0 Å². The Bertz CT molecular complexity index is 408. The van der Waals surface area contributed by atoms with Gasteiger partial charge in [-0.05, 0) is 37.8 Å². The monoisotopic (exact) mass is 263 g/mol. The van der Waals surface area contributed by atoms with Crippen LogP contribution in [0.25, 0.3) is 0 Å².